The van der Waals surface area contributed by atoms with E-state index in [1.807, 2.05) is 55.6 Å². The monoisotopic (exact) mass is 544 g/mol. The average molecular weight is 547 g/mol. The van der Waals surface area contributed by atoms with Gasteiger partial charge >= 0.3 is 0 Å². The predicted molar refractivity (Wildman–Crippen MR) is 119 cm³/mol. The highest BCUT2D eigenvalue weighted by Crippen LogP contribution is 2.30. The molecule has 0 amide bonds. The van der Waals surface area contributed by atoms with Gasteiger partial charge in [0, 0.05) is 21.7 Å². The third kappa shape index (κ3) is 4.13. The largest absolute Gasteiger partial charge is 0.332 e. The van der Waals surface area contributed by atoms with E-state index in [-0.39, 0.29) is 34.0 Å². The Bertz CT molecular complexity index is 979. The van der Waals surface area contributed by atoms with Crippen molar-refractivity contribution in [3.05, 3.63) is 64.2 Å². The minimum atomic E-state index is 0. The summed E-state index contributed by atoms with van der Waals surface area (Å²) in [7, 11) is 0. The molecule has 4 aromatic rings. The second-order valence-corrected chi connectivity index (χ2v) is 6.92. The Kier molecular flexibility index (Phi) is 6.79. The Morgan fingerprint density at radius 3 is 2.56 bits per heavy atom. The molecular formula is C17H15Br3N4S. The second kappa shape index (κ2) is 8.44. The van der Waals surface area contributed by atoms with Crippen molar-refractivity contribution >= 4 is 77.7 Å². The standard InChI is InChI=1S/C17H13BrN4S.2BrH/c1-11-16(22-9-3-2-4-15(22)19-11)14-10-23-17(21-14)20-13-7-5-12(18)6-8-13;;/h2-10H,1H3,(H,20,21);2*1H. The van der Waals surface area contributed by atoms with Crippen LogP contribution in [0, 0.1) is 6.92 Å². The number of hydrogen-bond acceptors (Lipinski definition) is 4. The third-order valence-electron chi connectivity index (χ3n) is 3.55. The van der Waals surface area contributed by atoms with Crippen molar-refractivity contribution in [2.45, 2.75) is 6.92 Å². The van der Waals surface area contributed by atoms with E-state index in [9.17, 15) is 0 Å². The molecule has 8 heteroatoms. The first-order valence-electron chi connectivity index (χ1n) is 7.13. The zero-order valence-corrected chi connectivity index (χ0v) is 19.0. The summed E-state index contributed by atoms with van der Waals surface area (Å²) in [5.74, 6) is 0. The van der Waals surface area contributed by atoms with E-state index in [0.29, 0.717) is 0 Å². The number of benzene rings is 1. The van der Waals surface area contributed by atoms with Crippen molar-refractivity contribution in [1.82, 2.24) is 14.4 Å². The number of fused-ring (bicyclic) bond motifs is 1. The molecule has 130 valence electrons. The van der Waals surface area contributed by atoms with E-state index in [2.05, 4.69) is 36.0 Å². The van der Waals surface area contributed by atoms with Crippen molar-refractivity contribution in [1.29, 1.82) is 0 Å². The van der Waals surface area contributed by atoms with E-state index < -0.39 is 0 Å². The SMILES string of the molecule is Br.Br.Cc1nc2ccccn2c1-c1csc(Nc2ccc(Br)cc2)n1. The molecule has 0 unspecified atom stereocenters. The average Bonchev–Trinajstić information content (AvgIpc) is 3.12. The van der Waals surface area contributed by atoms with Crippen LogP contribution in [-0.2, 0) is 0 Å². The van der Waals surface area contributed by atoms with Crippen LogP contribution in [0.4, 0.5) is 10.8 Å². The Morgan fingerprint density at radius 2 is 1.80 bits per heavy atom. The van der Waals surface area contributed by atoms with Crippen LogP contribution in [0.2, 0.25) is 0 Å². The highest BCUT2D eigenvalue weighted by Gasteiger charge is 2.13. The van der Waals surface area contributed by atoms with E-state index in [1.54, 1.807) is 11.3 Å². The third-order valence-corrected chi connectivity index (χ3v) is 4.83. The zero-order chi connectivity index (χ0) is 15.8. The van der Waals surface area contributed by atoms with Gasteiger partial charge in [0.15, 0.2) is 5.13 Å². The van der Waals surface area contributed by atoms with Crippen LogP contribution in [0.25, 0.3) is 17.0 Å². The smallest absolute Gasteiger partial charge is 0.187 e. The van der Waals surface area contributed by atoms with Crippen LogP contribution in [0.1, 0.15) is 5.69 Å². The number of halogens is 3. The van der Waals surface area contributed by atoms with Crippen LogP contribution in [0.3, 0.4) is 0 Å². The summed E-state index contributed by atoms with van der Waals surface area (Å²) in [6, 6.07) is 14.0. The van der Waals surface area contributed by atoms with Gasteiger partial charge in [0.05, 0.1) is 11.4 Å². The first-order valence-corrected chi connectivity index (χ1v) is 8.80. The molecule has 0 fully saturated rings. The molecule has 0 radical (unpaired) electrons. The molecule has 4 rings (SSSR count). The molecule has 3 aromatic heterocycles. The first kappa shape index (κ1) is 20.1. The Hall–Kier alpha value is -1.22. The summed E-state index contributed by atoms with van der Waals surface area (Å²) in [6.45, 7) is 2.02. The fourth-order valence-electron chi connectivity index (χ4n) is 2.52. The number of aromatic nitrogens is 3. The number of imidazole rings is 1. The molecule has 1 aromatic carbocycles. The minimum absolute atomic E-state index is 0. The van der Waals surface area contributed by atoms with Crippen molar-refractivity contribution in [3.63, 3.8) is 0 Å². The Morgan fingerprint density at radius 1 is 1.04 bits per heavy atom. The summed E-state index contributed by atoms with van der Waals surface area (Å²) < 4.78 is 3.14. The van der Waals surface area contributed by atoms with E-state index in [0.717, 1.165) is 38.0 Å². The molecule has 0 aliphatic heterocycles. The fraction of sp³-hybridized carbons (Fsp3) is 0.0588. The van der Waals surface area contributed by atoms with Gasteiger partial charge in [-0.3, -0.25) is 4.40 Å². The molecule has 0 saturated carbocycles. The Labute approximate surface area is 179 Å². The molecule has 4 nitrogen and oxygen atoms in total. The lowest BCUT2D eigenvalue weighted by Gasteiger charge is -2.02. The number of pyridine rings is 1. The molecule has 1 N–H and O–H groups in total. The van der Waals surface area contributed by atoms with Crippen molar-refractivity contribution in [3.8, 4) is 11.4 Å². The van der Waals surface area contributed by atoms with Gasteiger partial charge in [-0.25, -0.2) is 9.97 Å². The summed E-state index contributed by atoms with van der Waals surface area (Å²) in [4.78, 5) is 9.31. The molecule has 3 heterocycles. The van der Waals surface area contributed by atoms with Gasteiger partial charge in [0.25, 0.3) is 0 Å². The summed E-state index contributed by atoms with van der Waals surface area (Å²) in [5, 5.41) is 6.27. The number of anilines is 2. The predicted octanol–water partition coefficient (Wildman–Crippen LogP) is 6.43. The maximum atomic E-state index is 4.72. The van der Waals surface area contributed by atoms with E-state index in [1.165, 1.54) is 0 Å². The molecule has 0 saturated heterocycles. The second-order valence-electron chi connectivity index (χ2n) is 5.14. The molecule has 0 aliphatic carbocycles. The summed E-state index contributed by atoms with van der Waals surface area (Å²) in [5.41, 5.74) is 4.92. The van der Waals surface area contributed by atoms with Gasteiger partial charge in [0.2, 0.25) is 0 Å². The number of thiazole rings is 1. The highest BCUT2D eigenvalue weighted by atomic mass is 79.9. The van der Waals surface area contributed by atoms with Crippen molar-refractivity contribution in [2.75, 3.05) is 5.32 Å². The van der Waals surface area contributed by atoms with Crippen LogP contribution in [0.5, 0.6) is 0 Å². The van der Waals surface area contributed by atoms with Crippen LogP contribution >= 0.6 is 61.2 Å². The number of rotatable bonds is 3. The van der Waals surface area contributed by atoms with Crippen LogP contribution in [-0.4, -0.2) is 14.4 Å². The number of nitrogens with zero attached hydrogens (tertiary/aromatic N) is 3. The maximum Gasteiger partial charge on any atom is 0.187 e. The lowest BCUT2D eigenvalue weighted by atomic mass is 10.3. The van der Waals surface area contributed by atoms with Crippen LogP contribution in [0.15, 0.2) is 58.5 Å². The summed E-state index contributed by atoms with van der Waals surface area (Å²) in [6.07, 6.45) is 2.02. The molecular weight excluding hydrogens is 532 g/mol. The van der Waals surface area contributed by atoms with Gasteiger partial charge in [-0.1, -0.05) is 22.0 Å². The van der Waals surface area contributed by atoms with Crippen molar-refractivity contribution < 1.29 is 0 Å². The highest BCUT2D eigenvalue weighted by molar-refractivity contribution is 9.10. The first-order chi connectivity index (χ1) is 11.2. The van der Waals surface area contributed by atoms with Gasteiger partial charge in [-0.05, 0) is 43.3 Å². The molecule has 0 spiro atoms. The summed E-state index contributed by atoms with van der Waals surface area (Å²) >= 11 is 5.03. The number of aryl methyl sites for hydroxylation is 1. The molecule has 0 aliphatic rings. The quantitative estimate of drug-likeness (QED) is 0.322. The minimum Gasteiger partial charge on any atom is -0.332 e. The lowest BCUT2D eigenvalue weighted by molar-refractivity contribution is 1.17. The van der Waals surface area contributed by atoms with E-state index >= 15 is 0 Å². The molecule has 0 bridgehead atoms. The van der Waals surface area contributed by atoms with Gasteiger partial charge in [-0.15, -0.1) is 45.3 Å². The normalized spacial score (nSPS) is 10.2. The van der Waals surface area contributed by atoms with Gasteiger partial charge in [0.1, 0.15) is 11.3 Å². The number of nitrogens with one attached hydrogen (secondary N) is 1. The maximum absolute atomic E-state index is 4.72. The van der Waals surface area contributed by atoms with E-state index in [4.69, 9.17) is 4.98 Å². The number of hydrogen-bond donors (Lipinski definition) is 1. The zero-order valence-electron chi connectivity index (χ0n) is 13.1. The fourth-order valence-corrected chi connectivity index (χ4v) is 3.50. The van der Waals surface area contributed by atoms with Crippen molar-refractivity contribution in [2.24, 2.45) is 0 Å². The van der Waals surface area contributed by atoms with Crippen LogP contribution < -0.4 is 5.32 Å². The molecule has 0 atom stereocenters. The lowest BCUT2D eigenvalue weighted by Crippen LogP contribution is -1.91. The molecule has 25 heavy (non-hydrogen) atoms. The van der Waals surface area contributed by atoms with Gasteiger partial charge < -0.3 is 5.32 Å². The van der Waals surface area contributed by atoms with Gasteiger partial charge in [-0.2, -0.15) is 0 Å². The topological polar surface area (TPSA) is 42.2 Å². The Balaban J connectivity index is 0.00000113.